The van der Waals surface area contributed by atoms with Crippen LogP contribution in [0.4, 0.5) is 5.69 Å². The number of carbonyl (C=O) groups is 1. The van der Waals surface area contributed by atoms with Gasteiger partial charge in [-0.3, -0.25) is 5.43 Å². The molecule has 0 bridgehead atoms. The van der Waals surface area contributed by atoms with Gasteiger partial charge >= 0.3 is 5.97 Å². The summed E-state index contributed by atoms with van der Waals surface area (Å²) in [5.74, 6) is -0.0626. The van der Waals surface area contributed by atoms with Gasteiger partial charge in [-0.2, -0.15) is 5.10 Å². The number of nitrogens with zero attached hydrogens (tertiary/aromatic N) is 1. The molecule has 0 saturated heterocycles. The van der Waals surface area contributed by atoms with Crippen molar-refractivity contribution in [2.24, 2.45) is 5.10 Å². The molecule has 1 aliphatic carbocycles. The molecule has 1 fully saturated rings. The standard InChI is InChI=1S/C20H22N2O3/c23-20(24)16-5-4-6-17(13-16)22-21-14-15-9-11-19(12-10-15)25-18-7-2-1-3-8-18/h4-6,9-14,18,22H,1-3,7-8H2,(H,23,24). The molecule has 3 rings (SSSR count). The maximum Gasteiger partial charge on any atom is 0.335 e. The largest absolute Gasteiger partial charge is 0.490 e. The molecule has 1 aliphatic rings. The number of hydrogen-bond donors (Lipinski definition) is 2. The van der Waals surface area contributed by atoms with Crippen molar-refractivity contribution in [3.63, 3.8) is 0 Å². The minimum atomic E-state index is -0.957. The third kappa shape index (κ3) is 5.08. The summed E-state index contributed by atoms with van der Waals surface area (Å²) in [6, 6.07) is 14.4. The topological polar surface area (TPSA) is 70.9 Å². The van der Waals surface area contributed by atoms with E-state index in [9.17, 15) is 4.79 Å². The van der Waals surface area contributed by atoms with Crippen LogP contribution in [0.5, 0.6) is 5.75 Å². The highest BCUT2D eigenvalue weighted by atomic mass is 16.5. The Hall–Kier alpha value is -2.82. The van der Waals surface area contributed by atoms with E-state index in [0.29, 0.717) is 11.8 Å². The highest BCUT2D eigenvalue weighted by molar-refractivity contribution is 5.88. The van der Waals surface area contributed by atoms with Crippen LogP contribution in [0.15, 0.2) is 53.6 Å². The first-order valence-electron chi connectivity index (χ1n) is 8.60. The molecule has 0 aromatic heterocycles. The Morgan fingerprint density at radius 1 is 1.12 bits per heavy atom. The van der Waals surface area contributed by atoms with Crippen LogP contribution >= 0.6 is 0 Å². The highest BCUT2D eigenvalue weighted by Gasteiger charge is 2.14. The Bertz CT molecular complexity index is 735. The molecule has 25 heavy (non-hydrogen) atoms. The Balaban J connectivity index is 1.54. The fourth-order valence-corrected chi connectivity index (χ4v) is 2.91. The number of hydrogen-bond acceptors (Lipinski definition) is 4. The van der Waals surface area contributed by atoms with Crippen LogP contribution in [0.1, 0.15) is 48.0 Å². The lowest BCUT2D eigenvalue weighted by Crippen LogP contribution is -2.19. The predicted molar refractivity (Wildman–Crippen MR) is 98.6 cm³/mol. The van der Waals surface area contributed by atoms with Crippen molar-refractivity contribution in [1.29, 1.82) is 0 Å². The van der Waals surface area contributed by atoms with Gasteiger partial charge in [0, 0.05) is 0 Å². The molecule has 0 atom stereocenters. The molecule has 0 unspecified atom stereocenters. The lowest BCUT2D eigenvalue weighted by atomic mass is 9.98. The number of ether oxygens (including phenoxy) is 1. The molecule has 1 saturated carbocycles. The van der Waals surface area contributed by atoms with E-state index in [2.05, 4.69) is 10.5 Å². The first-order chi connectivity index (χ1) is 12.2. The summed E-state index contributed by atoms with van der Waals surface area (Å²) in [5.41, 5.74) is 4.65. The third-order valence-electron chi connectivity index (χ3n) is 4.25. The molecule has 0 spiro atoms. The summed E-state index contributed by atoms with van der Waals surface area (Å²) in [5, 5.41) is 13.1. The molecular formula is C20H22N2O3. The zero-order chi connectivity index (χ0) is 17.5. The van der Waals surface area contributed by atoms with Gasteiger partial charge in [0.1, 0.15) is 5.75 Å². The van der Waals surface area contributed by atoms with Crippen LogP contribution in [0, 0.1) is 0 Å². The van der Waals surface area contributed by atoms with Gasteiger partial charge in [0.05, 0.1) is 23.6 Å². The van der Waals surface area contributed by atoms with E-state index < -0.39 is 5.97 Å². The molecule has 0 heterocycles. The summed E-state index contributed by atoms with van der Waals surface area (Å²) in [4.78, 5) is 10.9. The lowest BCUT2D eigenvalue weighted by molar-refractivity contribution is 0.0697. The molecule has 2 aromatic carbocycles. The van der Waals surface area contributed by atoms with E-state index in [1.807, 2.05) is 24.3 Å². The van der Waals surface area contributed by atoms with Crippen LogP contribution in [-0.2, 0) is 0 Å². The SMILES string of the molecule is O=C(O)c1cccc(NN=Cc2ccc(OC3CCCCC3)cc2)c1. The van der Waals surface area contributed by atoms with Gasteiger partial charge in [-0.15, -0.1) is 0 Å². The van der Waals surface area contributed by atoms with E-state index in [1.165, 1.54) is 19.3 Å². The molecular weight excluding hydrogens is 316 g/mol. The Morgan fingerprint density at radius 3 is 2.60 bits per heavy atom. The average molecular weight is 338 g/mol. The predicted octanol–water partition coefficient (Wildman–Crippen LogP) is 4.54. The quantitative estimate of drug-likeness (QED) is 0.599. The second-order valence-electron chi connectivity index (χ2n) is 6.20. The first kappa shape index (κ1) is 17.0. The monoisotopic (exact) mass is 338 g/mol. The van der Waals surface area contributed by atoms with Crippen molar-refractivity contribution < 1.29 is 14.6 Å². The number of hydrazone groups is 1. The smallest absolute Gasteiger partial charge is 0.335 e. The third-order valence-corrected chi connectivity index (χ3v) is 4.25. The van der Waals surface area contributed by atoms with E-state index in [-0.39, 0.29) is 5.56 Å². The van der Waals surface area contributed by atoms with Crippen molar-refractivity contribution in [2.75, 3.05) is 5.43 Å². The van der Waals surface area contributed by atoms with Crippen LogP contribution in [0.3, 0.4) is 0 Å². The fraction of sp³-hybridized carbons (Fsp3) is 0.300. The maximum atomic E-state index is 10.9. The van der Waals surface area contributed by atoms with Gasteiger partial charge in [0.2, 0.25) is 0 Å². The second-order valence-corrected chi connectivity index (χ2v) is 6.20. The molecule has 0 amide bonds. The van der Waals surface area contributed by atoms with E-state index >= 15 is 0 Å². The number of carboxylic acids is 1. The summed E-state index contributed by atoms with van der Waals surface area (Å²) in [7, 11) is 0. The number of aromatic carboxylic acids is 1. The van der Waals surface area contributed by atoms with E-state index in [0.717, 1.165) is 24.2 Å². The highest BCUT2D eigenvalue weighted by Crippen LogP contribution is 2.23. The molecule has 5 nitrogen and oxygen atoms in total. The number of rotatable bonds is 6. The Kier molecular flexibility index (Phi) is 5.67. The van der Waals surface area contributed by atoms with Crippen LogP contribution in [0.2, 0.25) is 0 Å². The summed E-state index contributed by atoms with van der Waals surface area (Å²) < 4.78 is 6.00. The van der Waals surface area contributed by atoms with Gasteiger partial charge in [-0.1, -0.05) is 12.5 Å². The summed E-state index contributed by atoms with van der Waals surface area (Å²) in [6.45, 7) is 0. The summed E-state index contributed by atoms with van der Waals surface area (Å²) >= 11 is 0. The Labute approximate surface area is 147 Å². The number of anilines is 1. The number of carboxylic acid groups (broad SMARTS) is 1. The van der Waals surface area contributed by atoms with Crippen LogP contribution in [0.25, 0.3) is 0 Å². The zero-order valence-electron chi connectivity index (χ0n) is 14.0. The molecule has 2 aromatic rings. The van der Waals surface area contributed by atoms with Gasteiger partial charge in [-0.05, 0) is 73.7 Å². The average Bonchev–Trinajstić information content (AvgIpc) is 2.64. The molecule has 5 heteroatoms. The van der Waals surface area contributed by atoms with Crippen LogP contribution in [-0.4, -0.2) is 23.4 Å². The van der Waals surface area contributed by atoms with Crippen molar-refractivity contribution in [1.82, 2.24) is 0 Å². The minimum Gasteiger partial charge on any atom is -0.490 e. The van der Waals surface area contributed by atoms with Crippen molar-refractivity contribution >= 4 is 17.9 Å². The second kappa shape index (κ2) is 8.33. The van der Waals surface area contributed by atoms with Gasteiger partial charge in [0.25, 0.3) is 0 Å². The molecule has 2 N–H and O–H groups in total. The lowest BCUT2D eigenvalue weighted by Gasteiger charge is -2.22. The van der Waals surface area contributed by atoms with Crippen molar-refractivity contribution in [2.45, 2.75) is 38.2 Å². The van der Waals surface area contributed by atoms with Crippen molar-refractivity contribution in [3.8, 4) is 5.75 Å². The summed E-state index contributed by atoms with van der Waals surface area (Å²) in [6.07, 6.45) is 8.14. The van der Waals surface area contributed by atoms with Gasteiger partial charge in [-0.25, -0.2) is 4.79 Å². The van der Waals surface area contributed by atoms with Gasteiger partial charge in [0.15, 0.2) is 0 Å². The first-order valence-corrected chi connectivity index (χ1v) is 8.60. The van der Waals surface area contributed by atoms with Gasteiger partial charge < -0.3 is 9.84 Å². The fourth-order valence-electron chi connectivity index (χ4n) is 2.91. The molecule has 130 valence electrons. The maximum absolute atomic E-state index is 10.9. The van der Waals surface area contributed by atoms with E-state index in [1.54, 1.807) is 30.5 Å². The van der Waals surface area contributed by atoms with Crippen LogP contribution < -0.4 is 10.2 Å². The normalized spacial score (nSPS) is 15.2. The Morgan fingerprint density at radius 2 is 1.88 bits per heavy atom. The number of nitrogens with one attached hydrogen (secondary N) is 1. The minimum absolute atomic E-state index is 0.226. The number of benzene rings is 2. The van der Waals surface area contributed by atoms with Crippen molar-refractivity contribution in [3.05, 3.63) is 59.7 Å². The zero-order valence-corrected chi connectivity index (χ0v) is 14.0. The molecule has 0 aliphatic heterocycles. The van der Waals surface area contributed by atoms with E-state index in [4.69, 9.17) is 9.84 Å². The molecule has 0 radical (unpaired) electrons.